The third kappa shape index (κ3) is 8.55. The molecular formula is C51H40ClN5O5S2. The van der Waals surface area contributed by atoms with E-state index in [9.17, 15) is 14.4 Å². The second-order valence-electron chi connectivity index (χ2n) is 14.9. The van der Waals surface area contributed by atoms with E-state index in [0.29, 0.717) is 22.2 Å². The zero-order valence-corrected chi connectivity index (χ0v) is 36.5. The van der Waals surface area contributed by atoms with Gasteiger partial charge in [-0.15, -0.1) is 34.7 Å². The topological polar surface area (TPSA) is 122 Å². The number of nitrogens with one attached hydrogen (secondary N) is 2. The number of alkyl halides is 1. The van der Waals surface area contributed by atoms with Crippen molar-refractivity contribution in [1.82, 2.24) is 15.2 Å². The molecular weight excluding hydrogens is 862 g/mol. The van der Waals surface area contributed by atoms with Gasteiger partial charge in [0.15, 0.2) is 22.7 Å². The van der Waals surface area contributed by atoms with Crippen LogP contribution in [0, 0.1) is 0 Å². The molecule has 13 heteroatoms. The summed E-state index contributed by atoms with van der Waals surface area (Å²) >= 11 is 9.11. The van der Waals surface area contributed by atoms with E-state index >= 15 is 0 Å². The molecule has 2 N–H and O–H groups in total. The van der Waals surface area contributed by atoms with Gasteiger partial charge in [0.05, 0.1) is 0 Å². The van der Waals surface area contributed by atoms with Gasteiger partial charge in [0.1, 0.15) is 28.3 Å². The van der Waals surface area contributed by atoms with Crippen LogP contribution in [0.25, 0.3) is 0 Å². The minimum Gasteiger partial charge on any atom is -0.448 e. The van der Waals surface area contributed by atoms with Gasteiger partial charge in [-0.2, -0.15) is 0 Å². The Labute approximate surface area is 383 Å². The Morgan fingerprint density at radius 1 is 0.750 bits per heavy atom. The Morgan fingerprint density at radius 2 is 1.25 bits per heavy atom. The van der Waals surface area contributed by atoms with E-state index in [1.165, 1.54) is 28.0 Å². The first-order valence-corrected chi connectivity index (χ1v) is 23.0. The zero-order chi connectivity index (χ0) is 43.9. The lowest BCUT2D eigenvalue weighted by Crippen LogP contribution is -2.71. The molecule has 6 aromatic carbocycles. The molecule has 1 aromatic heterocycles. The van der Waals surface area contributed by atoms with Crippen LogP contribution in [0.5, 0.6) is 5.75 Å². The van der Waals surface area contributed by atoms with Crippen LogP contribution < -0.4 is 15.5 Å². The minimum absolute atomic E-state index is 0.0141. The summed E-state index contributed by atoms with van der Waals surface area (Å²) in [6.45, 7) is 0. The number of ether oxygens (including phenoxy) is 1. The molecule has 0 bridgehead atoms. The predicted octanol–water partition coefficient (Wildman–Crippen LogP) is 9.56. The van der Waals surface area contributed by atoms with Crippen LogP contribution in [0.1, 0.15) is 39.6 Å². The quantitative estimate of drug-likeness (QED) is 0.0261. The summed E-state index contributed by atoms with van der Waals surface area (Å²) in [7, 11) is 0. The minimum atomic E-state index is -1.00. The van der Waals surface area contributed by atoms with Crippen LogP contribution in [-0.2, 0) is 24.7 Å². The third-order valence-electron chi connectivity index (χ3n) is 11.0. The van der Waals surface area contributed by atoms with Crippen molar-refractivity contribution < 1.29 is 24.0 Å². The Morgan fingerprint density at radius 3 is 1.77 bits per heavy atom. The lowest BCUT2D eigenvalue weighted by Gasteiger charge is -2.49. The molecule has 1 saturated heterocycles. The molecule has 2 aliphatic rings. The maximum absolute atomic E-state index is 14.5. The van der Waals surface area contributed by atoms with Gasteiger partial charge in [-0.1, -0.05) is 175 Å². The number of esters is 1. The fraction of sp³-hybridized carbons (Fsp3) is 0.118. The number of hydrogen-bond donors (Lipinski definition) is 2. The number of oxime groups is 1. The summed E-state index contributed by atoms with van der Waals surface area (Å²) in [6, 6.07) is 57.0. The Balaban J connectivity index is 1.00. The van der Waals surface area contributed by atoms with Gasteiger partial charge in [-0.25, -0.2) is 9.78 Å². The number of fused-ring (bicyclic) bond motifs is 1. The highest BCUT2D eigenvalue weighted by molar-refractivity contribution is 8.00. The number of carbonyl (C=O) groups excluding carboxylic acids is 3. The molecule has 64 heavy (non-hydrogen) atoms. The predicted molar refractivity (Wildman–Crippen MR) is 252 cm³/mol. The van der Waals surface area contributed by atoms with E-state index in [2.05, 4.69) is 52.2 Å². The molecule has 10 nitrogen and oxygen atoms in total. The van der Waals surface area contributed by atoms with Crippen molar-refractivity contribution in [2.45, 2.75) is 23.1 Å². The van der Waals surface area contributed by atoms with Gasteiger partial charge < -0.3 is 20.2 Å². The summed E-state index contributed by atoms with van der Waals surface area (Å²) in [5.41, 5.74) is 4.33. The maximum Gasteiger partial charge on any atom is 0.356 e. The monoisotopic (exact) mass is 901 g/mol. The van der Waals surface area contributed by atoms with Crippen molar-refractivity contribution >= 4 is 63.3 Å². The molecule has 2 amide bonds. The number of amides is 2. The summed E-state index contributed by atoms with van der Waals surface area (Å²) in [5, 5.41) is 12.6. The Hall–Kier alpha value is -6.99. The average Bonchev–Trinajstić information content (AvgIpc) is 3.83. The number of rotatable bonds is 15. The summed E-state index contributed by atoms with van der Waals surface area (Å²) < 4.78 is 6.21. The van der Waals surface area contributed by atoms with Gasteiger partial charge in [-0.3, -0.25) is 14.5 Å². The highest BCUT2D eigenvalue weighted by atomic mass is 35.5. The number of thioether (sulfide) groups is 1. The number of carbonyl (C=O) groups is 3. The van der Waals surface area contributed by atoms with Crippen molar-refractivity contribution in [3.63, 3.8) is 0 Å². The third-order valence-corrected chi connectivity index (χ3v) is 13.4. The summed E-state index contributed by atoms with van der Waals surface area (Å²) in [6.07, 6.45) is -0.738. The first-order valence-electron chi connectivity index (χ1n) is 20.5. The van der Waals surface area contributed by atoms with Crippen LogP contribution in [0.4, 0.5) is 5.13 Å². The molecule has 0 unspecified atom stereocenters. The van der Waals surface area contributed by atoms with Crippen molar-refractivity contribution in [1.29, 1.82) is 0 Å². The molecule has 0 aliphatic carbocycles. The van der Waals surface area contributed by atoms with Gasteiger partial charge in [0.2, 0.25) is 0 Å². The number of nitrogens with zero attached hydrogens (tertiary/aromatic N) is 3. The number of para-hydroxylation sites is 1. The van der Waals surface area contributed by atoms with E-state index < -0.39 is 40.8 Å². The van der Waals surface area contributed by atoms with Crippen molar-refractivity contribution in [3.8, 4) is 5.75 Å². The molecule has 2 aliphatic heterocycles. The van der Waals surface area contributed by atoms with Crippen LogP contribution in [-0.4, -0.2) is 56.4 Å². The van der Waals surface area contributed by atoms with Gasteiger partial charge in [0, 0.05) is 17.0 Å². The van der Waals surface area contributed by atoms with Crippen molar-refractivity contribution in [3.05, 3.63) is 232 Å². The van der Waals surface area contributed by atoms with Crippen LogP contribution >= 0.6 is 34.7 Å². The second kappa shape index (κ2) is 19.2. The fourth-order valence-corrected chi connectivity index (χ4v) is 10.3. The normalized spacial score (nSPS) is 16.1. The molecule has 0 spiro atoms. The lowest BCUT2D eigenvalue weighted by molar-refractivity contribution is -0.154. The zero-order valence-electron chi connectivity index (χ0n) is 34.1. The average molecular weight is 902 g/mol. The van der Waals surface area contributed by atoms with E-state index in [0.717, 1.165) is 27.8 Å². The van der Waals surface area contributed by atoms with E-state index in [1.807, 2.05) is 121 Å². The standard InChI is InChI=1S/C51H40ClN5O5S2/c52-31-36-32-63-48-43(47(59)57(48)44(36)49(60)61-45(34-19-7-1-8-20-34)35-21-9-2-10-22-35)54-46(58)42(56-62-40-29-17-6-18-30-40)41-33-64-50(53-41)55-51(37-23-11-3-12-24-37,38-25-13-4-14-26-38)39-27-15-5-16-28-39/h1-30,33,43,45,48H,31-32H2,(H,53,55)(H,54,58)/t43-,48+/m1/s1. The highest BCUT2D eigenvalue weighted by Gasteiger charge is 2.55. The fourth-order valence-electron chi connectivity index (χ4n) is 7.90. The number of β-lactam (4-membered cyclic amide) rings is 1. The molecule has 318 valence electrons. The summed E-state index contributed by atoms with van der Waals surface area (Å²) in [4.78, 5) is 54.9. The van der Waals surface area contributed by atoms with Crippen molar-refractivity contribution in [2.24, 2.45) is 5.16 Å². The molecule has 2 atom stereocenters. The van der Waals surface area contributed by atoms with Crippen LogP contribution in [0.3, 0.4) is 0 Å². The first-order chi connectivity index (χ1) is 31.4. The molecule has 0 radical (unpaired) electrons. The van der Waals surface area contributed by atoms with Gasteiger partial charge >= 0.3 is 5.97 Å². The number of hydrogen-bond acceptors (Lipinski definition) is 10. The number of thiazole rings is 1. The lowest BCUT2D eigenvalue weighted by atomic mass is 9.77. The number of benzene rings is 6. The SMILES string of the molecule is O=C(N[C@@H]1C(=O)N2C(C(=O)OC(c3ccccc3)c3ccccc3)=C(CCl)CS[C@@H]12)C(=NOc1ccccc1)c1csc(NC(c2ccccc2)(c2ccccc2)c2ccccc2)n1. The largest absolute Gasteiger partial charge is 0.448 e. The smallest absolute Gasteiger partial charge is 0.356 e. The molecule has 3 heterocycles. The molecule has 7 aromatic rings. The number of halogens is 1. The van der Waals surface area contributed by atoms with Gasteiger partial charge in [0.25, 0.3) is 11.8 Å². The maximum atomic E-state index is 14.5. The second-order valence-corrected chi connectivity index (χ2v) is 17.1. The van der Waals surface area contributed by atoms with Gasteiger partial charge in [-0.05, 0) is 45.5 Å². The summed E-state index contributed by atoms with van der Waals surface area (Å²) in [5.74, 6) is -1.09. The van der Waals surface area contributed by atoms with E-state index in [4.69, 9.17) is 26.2 Å². The Bertz CT molecular complexity index is 2660. The number of aromatic nitrogens is 1. The van der Waals surface area contributed by atoms with E-state index in [1.54, 1.807) is 29.6 Å². The van der Waals surface area contributed by atoms with Crippen LogP contribution in [0.15, 0.2) is 204 Å². The Kier molecular flexibility index (Phi) is 12.7. The van der Waals surface area contributed by atoms with E-state index in [-0.39, 0.29) is 23.0 Å². The van der Waals surface area contributed by atoms with Crippen LogP contribution in [0.2, 0.25) is 0 Å². The molecule has 0 saturated carbocycles. The molecule has 1 fully saturated rings. The number of anilines is 1. The molecule has 9 rings (SSSR count). The van der Waals surface area contributed by atoms with Crippen molar-refractivity contribution in [2.75, 3.05) is 16.9 Å². The first kappa shape index (κ1) is 42.3. The highest BCUT2D eigenvalue weighted by Crippen LogP contribution is 2.43.